The van der Waals surface area contributed by atoms with Gasteiger partial charge in [-0.3, -0.25) is 57.5 Å². The molecule has 1 spiro atoms. The van der Waals surface area contributed by atoms with Gasteiger partial charge in [-0.1, -0.05) is 84.3 Å². The number of nitrogens with one attached hydrogen (secondary N) is 3. The van der Waals surface area contributed by atoms with Crippen molar-refractivity contribution >= 4 is 70.9 Å². The molecule has 4 aliphatic carbocycles. The molecule has 30 heteroatoms. The minimum atomic E-state index is -5.17. The second-order valence-corrected chi connectivity index (χ2v) is 30.3. The average Bonchev–Trinajstić information content (AvgIpc) is 1.74. The van der Waals surface area contributed by atoms with E-state index in [1.54, 1.807) is 33.8 Å². The number of fused-ring (bicyclic) bond motifs is 3. The zero-order valence-electron chi connectivity index (χ0n) is 62.6. The molecule has 0 aromatic heterocycles. The topological polar surface area (TPSA) is 279 Å². The number of likely N-dealkylation sites (N-methyl/N-ethyl adjacent to an activating group) is 7. The fourth-order valence-corrected chi connectivity index (χ4v) is 16.6. The molecular weight excluding hydrogens is 1350 g/mol. The van der Waals surface area contributed by atoms with Crippen LogP contribution in [0.15, 0.2) is 12.2 Å². The van der Waals surface area contributed by atoms with E-state index in [0.29, 0.717) is 44.9 Å². The summed E-state index contributed by atoms with van der Waals surface area (Å²) in [6, 6.07) is -10.5. The van der Waals surface area contributed by atoms with Crippen molar-refractivity contribution in [2.24, 2.45) is 29.6 Å². The summed E-state index contributed by atoms with van der Waals surface area (Å²) in [5.41, 5.74) is -1.64. The van der Waals surface area contributed by atoms with Gasteiger partial charge < -0.3 is 64.8 Å². The maximum absolute atomic E-state index is 15.5. The SMILES string of the molecule is CCO[C@@H]1C[C@H]2C(=O)NC3(CCC3)C(=O)N(C)[C@@H](C3CCCC3)C(=O)N(C)[C@H](C(=O)N(C)CC)CC(=O)N(C)[C@@H](CC)C(=O)N[C@@H]([C@@H](C)CC)C(=O)N(C)CC(=O)N(C)[C@H]3C/C=C\CCN(C3=O)[C@@H](CC3CCCCC3)C(=O)N(C)CC(=O)N[C@@H](CCC3CC(F)C(C(F)(F)F)C(F)C3)C(=O)N2C1. The molecule has 2 saturated heterocycles. The maximum atomic E-state index is 15.5. The Balaban J connectivity index is 1.31. The summed E-state index contributed by atoms with van der Waals surface area (Å²) in [6.07, 6.45) is -2.16. The van der Waals surface area contributed by atoms with Gasteiger partial charge in [-0.2, -0.15) is 13.2 Å². The lowest BCUT2D eigenvalue weighted by Gasteiger charge is -2.46. The molecule has 580 valence electrons. The van der Waals surface area contributed by atoms with E-state index in [0.717, 1.165) is 46.8 Å². The Kier molecular flexibility index (Phi) is 29.8. The lowest BCUT2D eigenvalue weighted by molar-refractivity contribution is -0.219. The van der Waals surface area contributed by atoms with Crippen LogP contribution in [0.2, 0.25) is 0 Å². The van der Waals surface area contributed by atoms with Crippen molar-refractivity contribution in [1.29, 1.82) is 0 Å². The quantitative estimate of drug-likeness (QED) is 0.156. The third kappa shape index (κ3) is 19.9. The van der Waals surface area contributed by atoms with Crippen LogP contribution in [-0.2, 0) is 62.3 Å². The van der Waals surface area contributed by atoms with Gasteiger partial charge in [0.2, 0.25) is 70.9 Å². The molecule has 4 saturated carbocycles. The highest BCUT2D eigenvalue weighted by molar-refractivity contribution is 6.01. The molecule has 3 N–H and O–H groups in total. The Morgan fingerprint density at radius 3 is 1.87 bits per heavy atom. The van der Waals surface area contributed by atoms with Crippen LogP contribution >= 0.6 is 0 Å². The number of alkyl halides is 5. The summed E-state index contributed by atoms with van der Waals surface area (Å²) in [7, 11) is 9.87. The van der Waals surface area contributed by atoms with Crippen molar-refractivity contribution in [2.75, 3.05) is 88.7 Å². The van der Waals surface area contributed by atoms with Crippen LogP contribution in [0.4, 0.5) is 22.0 Å². The molecule has 0 radical (unpaired) electrons. The summed E-state index contributed by atoms with van der Waals surface area (Å²) in [5, 5.41) is 8.53. The van der Waals surface area contributed by atoms with Gasteiger partial charge in [0.25, 0.3) is 0 Å². The van der Waals surface area contributed by atoms with E-state index in [-0.39, 0.29) is 83.5 Å². The van der Waals surface area contributed by atoms with Crippen LogP contribution in [0.25, 0.3) is 0 Å². The van der Waals surface area contributed by atoms with E-state index in [2.05, 4.69) is 16.0 Å². The average molecular weight is 1460 g/mol. The summed E-state index contributed by atoms with van der Waals surface area (Å²) >= 11 is 0. The van der Waals surface area contributed by atoms with Crippen LogP contribution in [-0.4, -0.2) is 282 Å². The summed E-state index contributed by atoms with van der Waals surface area (Å²) in [4.78, 5) is 191. The zero-order valence-corrected chi connectivity index (χ0v) is 62.6. The number of nitrogens with zero attached hydrogens (tertiary/aromatic N) is 9. The fourth-order valence-electron chi connectivity index (χ4n) is 16.6. The number of carbonyl (C=O) groups is 12. The van der Waals surface area contributed by atoms with E-state index >= 15 is 37.5 Å². The summed E-state index contributed by atoms with van der Waals surface area (Å²) in [5.74, 6) is -13.3. The van der Waals surface area contributed by atoms with E-state index in [4.69, 9.17) is 4.74 Å². The Morgan fingerprint density at radius 1 is 0.660 bits per heavy atom. The molecule has 7 aliphatic rings. The van der Waals surface area contributed by atoms with Gasteiger partial charge >= 0.3 is 6.18 Å². The second kappa shape index (κ2) is 36.8. The number of halogens is 5. The lowest BCUT2D eigenvalue weighted by atomic mass is 9.74. The first kappa shape index (κ1) is 83.3. The van der Waals surface area contributed by atoms with Crippen molar-refractivity contribution in [2.45, 2.75) is 261 Å². The smallest absolute Gasteiger partial charge is 0.377 e. The number of hydrogen-bond acceptors (Lipinski definition) is 13. The predicted octanol–water partition coefficient (Wildman–Crippen LogP) is 5.32. The van der Waals surface area contributed by atoms with Crippen molar-refractivity contribution in [3.63, 3.8) is 0 Å². The standard InChI is InChI=1S/C73H115F5N12O13/c1-13-44(5)61-69(100)84(8)43-59(93)86(10)53-30-21-18-24-35-89(68(53)99)56(38-45-26-19-17-20-27-45)67(98)83(7)42-57(91)79-51(32-31-46-36-49(74)60(50(75)37-46)73(76,77)78)65(96)90-41-48(103-16-4)39-54(90)64(95)81-72(33-25-34-72)71(102)88(12)62(47-28-22-23-29-47)70(101)87(11)55(66(97)82(6)15-3)40-58(92)85(9)52(14-2)63(94)80-61/h18,21,44-56,60-62H,13-17,19-20,22-43H2,1-12H3,(H,79,91)(H,80,94)(H,81,95)/b21-18-/t44-,46?,48+,49?,50?,51-,52-,53-,54-,55-,56-,60?,61-,62-/m0/s1. The highest BCUT2D eigenvalue weighted by atomic mass is 19.4. The Morgan fingerprint density at radius 2 is 1.29 bits per heavy atom. The molecule has 103 heavy (non-hydrogen) atoms. The fraction of sp³-hybridized carbons (Fsp3) is 0.808. The first-order valence-corrected chi connectivity index (χ1v) is 37.6. The number of rotatable bonds is 13. The number of hydrogen-bond donors (Lipinski definition) is 3. The second-order valence-electron chi connectivity index (χ2n) is 30.3. The van der Waals surface area contributed by atoms with Gasteiger partial charge in [0.15, 0.2) is 0 Å². The zero-order chi connectivity index (χ0) is 76.1. The number of ether oxygens (including phenoxy) is 1. The van der Waals surface area contributed by atoms with Crippen LogP contribution in [0, 0.1) is 29.6 Å². The Bertz CT molecular complexity index is 3050. The molecule has 0 aromatic carbocycles. The van der Waals surface area contributed by atoms with E-state index in [1.165, 1.54) is 78.7 Å². The van der Waals surface area contributed by atoms with Crippen LogP contribution < -0.4 is 16.0 Å². The summed E-state index contributed by atoms with van der Waals surface area (Å²) < 4.78 is 78.8. The highest BCUT2D eigenvalue weighted by Gasteiger charge is 2.56. The largest absolute Gasteiger partial charge is 0.397 e. The maximum Gasteiger partial charge on any atom is 0.397 e. The molecule has 7 rings (SSSR count). The minimum Gasteiger partial charge on any atom is -0.377 e. The molecule has 6 fully saturated rings. The normalized spacial score (nSPS) is 31.5. The van der Waals surface area contributed by atoms with Crippen molar-refractivity contribution in [1.82, 2.24) is 60.0 Å². The van der Waals surface area contributed by atoms with Crippen molar-refractivity contribution in [3.05, 3.63) is 12.2 Å². The van der Waals surface area contributed by atoms with Crippen molar-refractivity contribution in [3.8, 4) is 0 Å². The third-order valence-corrected chi connectivity index (χ3v) is 23.4. The molecule has 3 heterocycles. The monoisotopic (exact) mass is 1460 g/mol. The highest BCUT2D eigenvalue weighted by Crippen LogP contribution is 2.45. The van der Waals surface area contributed by atoms with Gasteiger partial charge in [-0.25, -0.2) is 8.78 Å². The molecular formula is C73H115F5N12O13. The van der Waals surface area contributed by atoms with Crippen LogP contribution in [0.1, 0.15) is 182 Å². The van der Waals surface area contributed by atoms with E-state index in [9.17, 15) is 41.9 Å². The number of amides is 12. The van der Waals surface area contributed by atoms with Gasteiger partial charge in [0.1, 0.15) is 72.1 Å². The van der Waals surface area contributed by atoms with Crippen LogP contribution in [0.5, 0.6) is 0 Å². The predicted molar refractivity (Wildman–Crippen MR) is 372 cm³/mol. The number of carbonyl (C=O) groups excluding carboxylic acids is 12. The van der Waals surface area contributed by atoms with Gasteiger partial charge in [0.05, 0.1) is 25.6 Å². The molecule has 2 bridgehead atoms. The molecule has 12 amide bonds. The molecule has 25 nitrogen and oxygen atoms in total. The van der Waals surface area contributed by atoms with Gasteiger partial charge in [-0.05, 0) is 121 Å². The lowest BCUT2D eigenvalue weighted by Crippen LogP contribution is -2.68. The molecule has 3 aliphatic heterocycles. The van der Waals surface area contributed by atoms with Gasteiger partial charge in [0, 0.05) is 82.0 Å². The van der Waals surface area contributed by atoms with Crippen LogP contribution in [0.3, 0.4) is 0 Å². The molecule has 2 unspecified atom stereocenters. The minimum absolute atomic E-state index is 0.0180. The van der Waals surface area contributed by atoms with E-state index in [1.807, 2.05) is 13.0 Å². The molecule has 0 aromatic rings. The summed E-state index contributed by atoms with van der Waals surface area (Å²) in [6.45, 7) is 7.46. The third-order valence-electron chi connectivity index (χ3n) is 23.4. The van der Waals surface area contributed by atoms with E-state index < -0.39 is 205 Å². The first-order valence-electron chi connectivity index (χ1n) is 37.6. The van der Waals surface area contributed by atoms with Gasteiger partial charge in [-0.15, -0.1) is 0 Å². The first-order chi connectivity index (χ1) is 48.6. The molecule has 12 atom stereocenters. The Hall–Kier alpha value is -7.01. The van der Waals surface area contributed by atoms with Crippen molar-refractivity contribution < 1.29 is 84.2 Å². The Labute approximate surface area is 604 Å².